The lowest BCUT2D eigenvalue weighted by Crippen LogP contribution is -2.00. The minimum Gasteiger partial charge on any atom is -0.309 e. The molecule has 6 heterocycles. The molecular formula is C99H65N7. The van der Waals surface area contributed by atoms with Crippen LogP contribution in [-0.4, -0.2) is 33.2 Å². The molecule has 0 unspecified atom stereocenters. The molecule has 0 radical (unpaired) electrons. The summed E-state index contributed by atoms with van der Waals surface area (Å²) in [5, 5.41) is 9.94. The number of rotatable bonds is 11. The minimum absolute atomic E-state index is 0.709. The van der Waals surface area contributed by atoms with Gasteiger partial charge in [0.25, 0.3) is 0 Å². The smallest absolute Gasteiger partial charge is 0.160 e. The van der Waals surface area contributed by atoms with E-state index in [1.165, 1.54) is 87.2 Å². The van der Waals surface area contributed by atoms with Gasteiger partial charge in [-0.25, -0.2) is 15.0 Å². The van der Waals surface area contributed by atoms with Gasteiger partial charge in [-0.05, 0) is 125 Å². The van der Waals surface area contributed by atoms with Crippen LogP contribution < -0.4 is 0 Å². The number of para-hydroxylation sites is 8. The Kier molecular flexibility index (Phi) is 15.1. The Balaban J connectivity index is 0.000000141. The van der Waals surface area contributed by atoms with E-state index >= 15 is 0 Å². The predicted molar refractivity (Wildman–Crippen MR) is 442 cm³/mol. The van der Waals surface area contributed by atoms with E-state index in [9.17, 15) is 0 Å². The topological polar surface area (TPSA) is 58.4 Å². The number of fused-ring (bicyclic) bond motifs is 12. The summed E-state index contributed by atoms with van der Waals surface area (Å²) < 4.78 is 9.67. The zero-order chi connectivity index (χ0) is 70.0. The predicted octanol–water partition coefficient (Wildman–Crippen LogP) is 25.6. The lowest BCUT2D eigenvalue weighted by Gasteiger charge is -2.17. The lowest BCUT2D eigenvalue weighted by molar-refractivity contribution is 1.13. The van der Waals surface area contributed by atoms with Crippen LogP contribution in [0.3, 0.4) is 0 Å². The van der Waals surface area contributed by atoms with Crippen LogP contribution in [0.2, 0.25) is 0 Å². The van der Waals surface area contributed by atoms with Crippen molar-refractivity contribution in [3.8, 4) is 101 Å². The molecule has 0 spiro atoms. The molecule has 0 fully saturated rings. The van der Waals surface area contributed by atoms with E-state index in [-0.39, 0.29) is 0 Å². The fraction of sp³-hybridized carbons (Fsp3) is 0. The first kappa shape index (κ1) is 61.6. The molecule has 496 valence electrons. The minimum atomic E-state index is 0.709. The van der Waals surface area contributed by atoms with Crippen LogP contribution in [0, 0.1) is 0 Å². The maximum Gasteiger partial charge on any atom is 0.160 e. The Morgan fingerprint density at radius 2 is 0.349 bits per heavy atom. The Morgan fingerprint density at radius 1 is 0.142 bits per heavy atom. The molecule has 0 aliphatic carbocycles. The summed E-state index contributed by atoms with van der Waals surface area (Å²) in [6, 6.07) is 141. The third kappa shape index (κ3) is 10.8. The molecule has 106 heavy (non-hydrogen) atoms. The highest BCUT2D eigenvalue weighted by molar-refractivity contribution is 6.13. The van der Waals surface area contributed by atoms with Crippen molar-refractivity contribution in [2.24, 2.45) is 0 Å². The Bertz CT molecular complexity index is 6330. The van der Waals surface area contributed by atoms with Crippen molar-refractivity contribution >= 4 is 87.2 Å². The molecule has 0 saturated heterocycles. The molecule has 0 aliphatic rings. The fourth-order valence-electron chi connectivity index (χ4n) is 16.0. The number of pyridine rings is 1. The molecule has 0 aliphatic heterocycles. The summed E-state index contributed by atoms with van der Waals surface area (Å²) >= 11 is 0. The van der Waals surface area contributed by atoms with Crippen LogP contribution in [0.4, 0.5) is 0 Å². The first-order valence-corrected chi connectivity index (χ1v) is 36.1. The van der Waals surface area contributed by atoms with E-state index in [1.54, 1.807) is 0 Å². The summed E-state index contributed by atoms with van der Waals surface area (Å²) in [7, 11) is 0. The van der Waals surface area contributed by atoms with Crippen molar-refractivity contribution in [1.29, 1.82) is 0 Å². The maximum atomic E-state index is 5.20. The number of nitrogens with zero attached hydrogens (tertiary/aromatic N) is 7. The van der Waals surface area contributed by atoms with Gasteiger partial charge in [-0.15, -0.1) is 0 Å². The van der Waals surface area contributed by atoms with Crippen LogP contribution >= 0.6 is 0 Å². The van der Waals surface area contributed by atoms with E-state index in [0.29, 0.717) is 5.82 Å². The van der Waals surface area contributed by atoms with Gasteiger partial charge in [0.15, 0.2) is 5.82 Å². The van der Waals surface area contributed by atoms with Crippen LogP contribution in [0.1, 0.15) is 0 Å². The highest BCUT2D eigenvalue weighted by atomic mass is 15.0. The van der Waals surface area contributed by atoms with Crippen molar-refractivity contribution in [2.75, 3.05) is 0 Å². The van der Waals surface area contributed by atoms with Crippen molar-refractivity contribution < 1.29 is 0 Å². The molecule has 7 heteroatoms. The molecule has 6 aromatic heterocycles. The molecule has 0 atom stereocenters. The second-order valence-corrected chi connectivity index (χ2v) is 27.1. The van der Waals surface area contributed by atoms with Crippen molar-refractivity contribution in [3.05, 3.63) is 394 Å². The Morgan fingerprint density at radius 3 is 0.632 bits per heavy atom. The van der Waals surface area contributed by atoms with Crippen LogP contribution in [0.15, 0.2) is 394 Å². The fourth-order valence-corrected chi connectivity index (χ4v) is 16.0. The van der Waals surface area contributed by atoms with E-state index in [1.807, 2.05) is 24.3 Å². The number of hydrogen-bond donors (Lipinski definition) is 0. The molecule has 0 amide bonds. The zero-order valence-corrected chi connectivity index (χ0v) is 57.7. The third-order valence-corrected chi connectivity index (χ3v) is 20.8. The van der Waals surface area contributed by atoms with E-state index < -0.39 is 0 Å². The van der Waals surface area contributed by atoms with Gasteiger partial charge in [-0.1, -0.05) is 291 Å². The van der Waals surface area contributed by atoms with Crippen LogP contribution in [0.5, 0.6) is 0 Å². The second-order valence-electron chi connectivity index (χ2n) is 27.1. The number of hydrogen-bond acceptors (Lipinski definition) is 3. The summed E-state index contributed by atoms with van der Waals surface area (Å²) in [6.07, 6.45) is 0. The van der Waals surface area contributed by atoms with Gasteiger partial charge in [0.2, 0.25) is 0 Å². The van der Waals surface area contributed by atoms with Crippen molar-refractivity contribution in [1.82, 2.24) is 33.2 Å². The standard InChI is InChI=1S/C52H34N4.C47H31N3/c1-3-15-36(16-4-1)46-34-47(54-52(53-46)38-17-5-2-6-18-38)37-29-27-35(28-30-37)39-31-40(55-48-23-11-7-19-42(48)43-20-8-12-24-49(43)55)33-41(32-39)56-50-25-13-9-21-44(50)45-22-10-14-26-51(45)56;1-3-15-32(16-4-1)42-29-35(30-43(48-42)33-17-5-2-6-18-33)34-27-36(49-44-23-11-7-19-38(44)39-20-8-12-24-45(39)49)31-37(28-34)50-46-25-13-9-21-40(46)41-22-10-14-26-47(41)50/h1-34H;1-31H. The van der Waals surface area contributed by atoms with Crippen LogP contribution in [0.25, 0.3) is 189 Å². The normalized spacial score (nSPS) is 11.6. The Labute approximate surface area is 612 Å². The summed E-state index contributed by atoms with van der Waals surface area (Å²) in [4.78, 5) is 15.3. The molecule has 0 bridgehead atoms. The first-order chi connectivity index (χ1) is 52.6. The lowest BCUT2D eigenvalue weighted by atomic mass is 9.99. The van der Waals surface area contributed by atoms with Gasteiger partial charge in [0, 0.05) is 93.7 Å². The average molecular weight is 1350 g/mol. The van der Waals surface area contributed by atoms with Gasteiger partial charge in [-0.3, -0.25) is 0 Å². The molecular weight excluding hydrogens is 1290 g/mol. The number of aromatic nitrogens is 7. The number of benzene rings is 15. The van der Waals surface area contributed by atoms with E-state index in [0.717, 1.165) is 95.6 Å². The molecule has 15 aromatic carbocycles. The second kappa shape index (κ2) is 26.0. The molecule has 21 aromatic rings. The Hall–Kier alpha value is -14.3. The van der Waals surface area contributed by atoms with Gasteiger partial charge in [-0.2, -0.15) is 0 Å². The monoisotopic (exact) mass is 1350 g/mol. The summed E-state index contributed by atoms with van der Waals surface area (Å²) in [6.45, 7) is 0. The maximum absolute atomic E-state index is 5.20. The third-order valence-electron chi connectivity index (χ3n) is 20.8. The average Bonchev–Trinajstić information content (AvgIpc) is 1.58. The van der Waals surface area contributed by atoms with E-state index in [2.05, 4.69) is 388 Å². The first-order valence-electron chi connectivity index (χ1n) is 36.1. The largest absolute Gasteiger partial charge is 0.309 e. The van der Waals surface area contributed by atoms with Gasteiger partial charge in [0.05, 0.1) is 66.9 Å². The SMILES string of the molecule is c1ccc(-c2cc(-c3cc(-n4c5ccccc5c5ccccc54)cc(-n4c5ccccc5c5ccccc54)c3)cc(-c3ccccc3)n2)cc1.c1ccc(-c2cc(-c3ccc(-c4cc(-n5c6ccccc6c6ccccc65)cc(-n5c6ccccc6c6ccccc65)c4)cc3)nc(-c3ccccc3)n2)cc1. The summed E-state index contributed by atoms with van der Waals surface area (Å²) in [5.74, 6) is 0.709. The highest BCUT2D eigenvalue weighted by Gasteiger charge is 2.22. The van der Waals surface area contributed by atoms with Crippen molar-refractivity contribution in [3.63, 3.8) is 0 Å². The van der Waals surface area contributed by atoms with Crippen molar-refractivity contribution in [2.45, 2.75) is 0 Å². The van der Waals surface area contributed by atoms with Gasteiger partial charge >= 0.3 is 0 Å². The molecule has 0 saturated carbocycles. The van der Waals surface area contributed by atoms with Gasteiger partial charge in [0.1, 0.15) is 0 Å². The summed E-state index contributed by atoms with van der Waals surface area (Å²) in [5.41, 5.74) is 27.3. The highest BCUT2D eigenvalue weighted by Crippen LogP contribution is 2.42. The molecule has 21 rings (SSSR count). The van der Waals surface area contributed by atoms with E-state index in [4.69, 9.17) is 15.0 Å². The molecule has 0 N–H and O–H groups in total. The zero-order valence-electron chi connectivity index (χ0n) is 57.7. The van der Waals surface area contributed by atoms with Gasteiger partial charge < -0.3 is 18.3 Å². The quantitative estimate of drug-likeness (QED) is 0.130. The molecule has 7 nitrogen and oxygen atoms in total. The van der Waals surface area contributed by atoms with Crippen LogP contribution in [-0.2, 0) is 0 Å².